The van der Waals surface area contributed by atoms with Crippen LogP contribution in [0.15, 0.2) is 12.4 Å². The number of hydrogen-bond donors (Lipinski definition) is 2. The minimum absolute atomic E-state index is 0.763. The molecule has 0 saturated carbocycles. The summed E-state index contributed by atoms with van der Waals surface area (Å²) in [5.41, 5.74) is 2.26. The quantitative estimate of drug-likeness (QED) is 0.853. The van der Waals surface area contributed by atoms with Crippen LogP contribution in [0.1, 0.15) is 17.0 Å². The highest BCUT2D eigenvalue weighted by molar-refractivity contribution is 5.56. The molecule has 0 unspecified atom stereocenters. The smallest absolute Gasteiger partial charge is 0.134 e. The molecule has 0 saturated heterocycles. The molecule has 0 atom stereocenters. The van der Waals surface area contributed by atoms with Crippen LogP contribution in [0, 0.1) is 13.8 Å². The van der Waals surface area contributed by atoms with Crippen LogP contribution in [0.2, 0.25) is 0 Å². The largest absolute Gasteiger partial charge is 0.373 e. The monoisotopic (exact) mass is 260 g/mol. The standard InChI is InChI=1S/C13H20N6/c1-9-12(14-3)17-10(2)18-13(9)15-6-5-11-7-16-19(4)8-11/h7-8H,5-6H2,1-4H3,(H2,14,15,17,18). The van der Waals surface area contributed by atoms with Crippen LogP contribution in [0.4, 0.5) is 11.6 Å². The summed E-state index contributed by atoms with van der Waals surface area (Å²) in [4.78, 5) is 8.78. The first-order chi connectivity index (χ1) is 9.10. The maximum Gasteiger partial charge on any atom is 0.134 e. The van der Waals surface area contributed by atoms with Crippen molar-refractivity contribution in [2.75, 3.05) is 24.2 Å². The van der Waals surface area contributed by atoms with E-state index in [0.29, 0.717) is 0 Å². The van der Waals surface area contributed by atoms with E-state index in [2.05, 4.69) is 25.7 Å². The van der Waals surface area contributed by atoms with Gasteiger partial charge in [0.25, 0.3) is 0 Å². The summed E-state index contributed by atoms with van der Waals surface area (Å²) in [5.74, 6) is 2.52. The molecular weight excluding hydrogens is 240 g/mol. The summed E-state index contributed by atoms with van der Waals surface area (Å²) >= 11 is 0. The van der Waals surface area contributed by atoms with E-state index in [1.165, 1.54) is 5.56 Å². The van der Waals surface area contributed by atoms with Crippen LogP contribution in [0.5, 0.6) is 0 Å². The fourth-order valence-corrected chi connectivity index (χ4v) is 1.97. The average Bonchev–Trinajstić information content (AvgIpc) is 2.79. The van der Waals surface area contributed by atoms with Crippen LogP contribution in [0.25, 0.3) is 0 Å². The predicted molar refractivity (Wildman–Crippen MR) is 76.5 cm³/mol. The number of rotatable bonds is 5. The zero-order valence-electron chi connectivity index (χ0n) is 11.9. The Morgan fingerprint density at radius 2 is 1.95 bits per heavy atom. The van der Waals surface area contributed by atoms with Crippen LogP contribution in [0.3, 0.4) is 0 Å². The Morgan fingerprint density at radius 1 is 1.21 bits per heavy atom. The Labute approximate surface area is 113 Å². The number of aromatic nitrogens is 4. The topological polar surface area (TPSA) is 67.7 Å². The molecule has 6 nitrogen and oxygen atoms in total. The Kier molecular flexibility index (Phi) is 3.99. The number of nitrogens with zero attached hydrogens (tertiary/aromatic N) is 4. The molecule has 0 radical (unpaired) electrons. The summed E-state index contributed by atoms with van der Waals surface area (Å²) in [6, 6.07) is 0. The van der Waals surface area contributed by atoms with Crippen molar-refractivity contribution in [1.82, 2.24) is 19.7 Å². The molecule has 0 aliphatic carbocycles. The average molecular weight is 260 g/mol. The van der Waals surface area contributed by atoms with Gasteiger partial charge in [-0.05, 0) is 25.8 Å². The molecule has 102 valence electrons. The molecule has 2 heterocycles. The zero-order valence-corrected chi connectivity index (χ0v) is 11.9. The Morgan fingerprint density at radius 3 is 2.58 bits per heavy atom. The molecule has 2 rings (SSSR count). The van der Waals surface area contributed by atoms with Crippen molar-refractivity contribution in [3.8, 4) is 0 Å². The van der Waals surface area contributed by atoms with Crippen molar-refractivity contribution in [3.05, 3.63) is 29.3 Å². The molecule has 0 aromatic carbocycles. The third kappa shape index (κ3) is 3.21. The van der Waals surface area contributed by atoms with Gasteiger partial charge < -0.3 is 10.6 Å². The number of hydrogen-bond acceptors (Lipinski definition) is 5. The lowest BCUT2D eigenvalue weighted by Gasteiger charge is -2.12. The summed E-state index contributed by atoms with van der Waals surface area (Å²) in [7, 11) is 3.79. The maximum atomic E-state index is 4.43. The van der Waals surface area contributed by atoms with Crippen LogP contribution in [-0.4, -0.2) is 33.3 Å². The Bertz CT molecular complexity index is 560. The molecule has 2 aromatic heterocycles. The second kappa shape index (κ2) is 5.69. The molecule has 0 bridgehead atoms. The van der Waals surface area contributed by atoms with Gasteiger partial charge in [-0.15, -0.1) is 0 Å². The maximum absolute atomic E-state index is 4.43. The first-order valence-electron chi connectivity index (χ1n) is 6.34. The van der Waals surface area contributed by atoms with Gasteiger partial charge in [0.05, 0.1) is 6.20 Å². The van der Waals surface area contributed by atoms with Crippen molar-refractivity contribution in [2.24, 2.45) is 7.05 Å². The van der Waals surface area contributed by atoms with Gasteiger partial charge in [-0.3, -0.25) is 4.68 Å². The van der Waals surface area contributed by atoms with Crippen molar-refractivity contribution >= 4 is 11.6 Å². The third-order valence-electron chi connectivity index (χ3n) is 2.96. The Balaban J connectivity index is 2.01. The minimum atomic E-state index is 0.763. The molecule has 2 N–H and O–H groups in total. The lowest BCUT2D eigenvalue weighted by atomic mass is 10.2. The predicted octanol–water partition coefficient (Wildman–Crippen LogP) is 1.52. The van der Waals surface area contributed by atoms with Gasteiger partial charge in [-0.2, -0.15) is 5.10 Å². The van der Waals surface area contributed by atoms with E-state index in [1.807, 2.05) is 45.0 Å². The van der Waals surface area contributed by atoms with E-state index >= 15 is 0 Å². The van der Waals surface area contributed by atoms with Gasteiger partial charge in [0.15, 0.2) is 0 Å². The van der Waals surface area contributed by atoms with Crippen LogP contribution < -0.4 is 10.6 Å². The van der Waals surface area contributed by atoms with E-state index in [4.69, 9.17) is 0 Å². The molecule has 0 fully saturated rings. The van der Waals surface area contributed by atoms with E-state index in [9.17, 15) is 0 Å². The second-order valence-electron chi connectivity index (χ2n) is 4.54. The minimum Gasteiger partial charge on any atom is -0.373 e. The van der Waals surface area contributed by atoms with Crippen molar-refractivity contribution in [2.45, 2.75) is 20.3 Å². The fraction of sp³-hybridized carbons (Fsp3) is 0.462. The number of aryl methyl sites for hydroxylation is 2. The molecule has 0 amide bonds. The lowest BCUT2D eigenvalue weighted by molar-refractivity contribution is 0.766. The van der Waals surface area contributed by atoms with Crippen molar-refractivity contribution in [3.63, 3.8) is 0 Å². The van der Waals surface area contributed by atoms with E-state index in [-0.39, 0.29) is 0 Å². The summed E-state index contributed by atoms with van der Waals surface area (Å²) in [5, 5.41) is 10.6. The van der Waals surface area contributed by atoms with E-state index in [0.717, 1.165) is 36.0 Å². The van der Waals surface area contributed by atoms with Gasteiger partial charge >= 0.3 is 0 Å². The number of anilines is 2. The summed E-state index contributed by atoms with van der Waals surface area (Å²) < 4.78 is 1.81. The second-order valence-corrected chi connectivity index (χ2v) is 4.54. The van der Waals surface area contributed by atoms with Gasteiger partial charge in [0.2, 0.25) is 0 Å². The van der Waals surface area contributed by atoms with Gasteiger partial charge in [-0.1, -0.05) is 0 Å². The van der Waals surface area contributed by atoms with Crippen molar-refractivity contribution in [1.29, 1.82) is 0 Å². The molecule has 6 heteroatoms. The first kappa shape index (κ1) is 13.3. The van der Waals surface area contributed by atoms with Gasteiger partial charge in [0, 0.05) is 32.4 Å². The highest BCUT2D eigenvalue weighted by atomic mass is 15.2. The molecule has 0 aliphatic heterocycles. The van der Waals surface area contributed by atoms with E-state index < -0.39 is 0 Å². The van der Waals surface area contributed by atoms with Crippen LogP contribution >= 0.6 is 0 Å². The highest BCUT2D eigenvalue weighted by Crippen LogP contribution is 2.19. The lowest BCUT2D eigenvalue weighted by Crippen LogP contribution is -2.10. The summed E-state index contributed by atoms with van der Waals surface area (Å²) in [6.07, 6.45) is 4.84. The Hall–Kier alpha value is -2.11. The van der Waals surface area contributed by atoms with Crippen LogP contribution in [-0.2, 0) is 13.5 Å². The first-order valence-corrected chi connectivity index (χ1v) is 6.34. The van der Waals surface area contributed by atoms with Gasteiger partial charge in [0.1, 0.15) is 17.5 Å². The third-order valence-corrected chi connectivity index (χ3v) is 2.96. The normalized spacial score (nSPS) is 10.5. The van der Waals surface area contributed by atoms with Gasteiger partial charge in [-0.25, -0.2) is 9.97 Å². The molecule has 0 spiro atoms. The molecule has 0 aliphatic rings. The fourth-order valence-electron chi connectivity index (χ4n) is 1.97. The molecule has 19 heavy (non-hydrogen) atoms. The molecule has 2 aromatic rings. The SMILES string of the molecule is CNc1nc(C)nc(NCCc2cnn(C)c2)c1C. The number of nitrogens with one attached hydrogen (secondary N) is 2. The summed E-state index contributed by atoms with van der Waals surface area (Å²) in [6.45, 7) is 4.73. The highest BCUT2D eigenvalue weighted by Gasteiger charge is 2.07. The zero-order chi connectivity index (χ0) is 13.8. The molecular formula is C13H20N6. The van der Waals surface area contributed by atoms with Crippen molar-refractivity contribution < 1.29 is 0 Å². The van der Waals surface area contributed by atoms with E-state index in [1.54, 1.807) is 0 Å².